The fourth-order valence-electron chi connectivity index (χ4n) is 2.63. The summed E-state index contributed by atoms with van der Waals surface area (Å²) in [6.45, 7) is 2.62. The van der Waals surface area contributed by atoms with Crippen LogP contribution in [0.15, 0.2) is 16.6 Å². The standard InChI is InChI=1S/C13H14N2O4S/c1-7-8-3-5-20-11(8)2-4-15(7)12(16)10-6-9(13(17)18)14-19-10/h3,5,7,10H,2,4,6H2,1H3,(H,17,18). The third-order valence-corrected chi connectivity index (χ3v) is 4.75. The highest BCUT2D eigenvalue weighted by atomic mass is 32.1. The molecule has 2 aliphatic heterocycles. The van der Waals surface area contributed by atoms with Crippen LogP contribution in [0.3, 0.4) is 0 Å². The van der Waals surface area contributed by atoms with Crippen molar-refractivity contribution < 1.29 is 19.5 Å². The number of oxime groups is 1. The predicted octanol–water partition coefficient (Wildman–Crippen LogP) is 1.42. The van der Waals surface area contributed by atoms with Gasteiger partial charge < -0.3 is 14.8 Å². The Labute approximate surface area is 119 Å². The van der Waals surface area contributed by atoms with E-state index in [-0.39, 0.29) is 24.1 Å². The zero-order valence-corrected chi connectivity index (χ0v) is 11.7. The predicted molar refractivity (Wildman–Crippen MR) is 72.7 cm³/mol. The number of carboxylic acids is 1. The smallest absolute Gasteiger partial charge is 0.353 e. The van der Waals surface area contributed by atoms with E-state index in [2.05, 4.69) is 5.16 Å². The maximum absolute atomic E-state index is 12.4. The van der Waals surface area contributed by atoms with Gasteiger partial charge in [-0.3, -0.25) is 4.79 Å². The van der Waals surface area contributed by atoms with Crippen molar-refractivity contribution in [3.05, 3.63) is 21.9 Å². The van der Waals surface area contributed by atoms with Crippen molar-refractivity contribution in [2.45, 2.75) is 31.9 Å². The first-order valence-corrected chi connectivity index (χ1v) is 7.28. The van der Waals surface area contributed by atoms with E-state index in [4.69, 9.17) is 9.94 Å². The van der Waals surface area contributed by atoms with Crippen LogP contribution in [0.25, 0.3) is 0 Å². The molecule has 2 aliphatic rings. The Hall–Kier alpha value is -1.89. The first-order valence-electron chi connectivity index (χ1n) is 6.40. The van der Waals surface area contributed by atoms with Crippen LogP contribution in [0.2, 0.25) is 0 Å². The molecule has 1 amide bonds. The fourth-order valence-corrected chi connectivity index (χ4v) is 3.59. The molecule has 0 aliphatic carbocycles. The summed E-state index contributed by atoms with van der Waals surface area (Å²) in [7, 11) is 0. The zero-order chi connectivity index (χ0) is 14.3. The average molecular weight is 294 g/mol. The number of aliphatic carboxylic acids is 1. The normalized spacial score (nSPS) is 24.9. The number of fused-ring (bicyclic) bond motifs is 1. The second-order valence-electron chi connectivity index (χ2n) is 4.90. The summed E-state index contributed by atoms with van der Waals surface area (Å²) >= 11 is 1.71. The summed E-state index contributed by atoms with van der Waals surface area (Å²) in [5.41, 5.74) is 1.08. The molecule has 1 aromatic heterocycles. The number of hydrogen-bond donors (Lipinski definition) is 1. The maximum Gasteiger partial charge on any atom is 0.353 e. The van der Waals surface area contributed by atoms with Crippen LogP contribution in [0, 0.1) is 0 Å². The molecule has 0 saturated heterocycles. The maximum atomic E-state index is 12.4. The topological polar surface area (TPSA) is 79.2 Å². The molecule has 106 valence electrons. The van der Waals surface area contributed by atoms with Crippen molar-refractivity contribution in [1.82, 2.24) is 4.90 Å². The summed E-state index contributed by atoms with van der Waals surface area (Å²) in [5.74, 6) is -1.32. The van der Waals surface area contributed by atoms with Crippen molar-refractivity contribution in [1.29, 1.82) is 0 Å². The van der Waals surface area contributed by atoms with Crippen LogP contribution in [0.5, 0.6) is 0 Å². The summed E-state index contributed by atoms with van der Waals surface area (Å²) < 4.78 is 0. The number of carboxylic acid groups (broad SMARTS) is 1. The van der Waals surface area contributed by atoms with Gasteiger partial charge in [0, 0.05) is 17.8 Å². The molecule has 2 unspecified atom stereocenters. The van der Waals surface area contributed by atoms with E-state index >= 15 is 0 Å². The first kappa shape index (κ1) is 13.1. The lowest BCUT2D eigenvalue weighted by atomic mass is 10.00. The van der Waals surface area contributed by atoms with Crippen LogP contribution in [0.1, 0.15) is 29.8 Å². The van der Waals surface area contributed by atoms with E-state index in [9.17, 15) is 9.59 Å². The van der Waals surface area contributed by atoms with Crippen LogP contribution < -0.4 is 0 Å². The Morgan fingerprint density at radius 1 is 1.55 bits per heavy atom. The molecule has 3 rings (SSSR count). The number of carbonyl (C=O) groups excluding carboxylic acids is 1. The minimum absolute atomic E-state index is 0.00465. The lowest BCUT2D eigenvalue weighted by Crippen LogP contribution is -2.44. The van der Waals surface area contributed by atoms with E-state index in [1.54, 1.807) is 16.2 Å². The number of rotatable bonds is 2. The summed E-state index contributed by atoms with van der Waals surface area (Å²) in [6.07, 6.45) is 0.0693. The molecular formula is C13H14N2O4S. The number of hydrogen-bond acceptors (Lipinski definition) is 5. The monoisotopic (exact) mass is 294 g/mol. The van der Waals surface area contributed by atoms with Crippen LogP contribution in [0.4, 0.5) is 0 Å². The fraction of sp³-hybridized carbons (Fsp3) is 0.462. The molecule has 0 saturated carbocycles. The van der Waals surface area contributed by atoms with Crippen molar-refractivity contribution >= 4 is 28.9 Å². The van der Waals surface area contributed by atoms with E-state index in [0.717, 1.165) is 6.42 Å². The van der Waals surface area contributed by atoms with Gasteiger partial charge in [0.1, 0.15) is 0 Å². The van der Waals surface area contributed by atoms with Crippen LogP contribution in [-0.4, -0.2) is 40.2 Å². The summed E-state index contributed by atoms with van der Waals surface area (Å²) in [4.78, 5) is 31.3. The number of thiophene rings is 1. The van der Waals surface area contributed by atoms with E-state index in [1.165, 1.54) is 10.4 Å². The highest BCUT2D eigenvalue weighted by Crippen LogP contribution is 2.33. The Balaban J connectivity index is 1.72. The molecule has 3 heterocycles. The first-order chi connectivity index (χ1) is 9.58. The van der Waals surface area contributed by atoms with Crippen molar-refractivity contribution in [2.75, 3.05) is 6.54 Å². The second-order valence-corrected chi connectivity index (χ2v) is 5.90. The molecule has 1 N–H and O–H groups in total. The Bertz CT molecular complexity index is 595. The Kier molecular flexibility index (Phi) is 3.21. The van der Waals surface area contributed by atoms with Gasteiger partial charge in [-0.25, -0.2) is 4.79 Å². The van der Waals surface area contributed by atoms with Crippen molar-refractivity contribution in [2.24, 2.45) is 5.16 Å². The molecule has 0 fully saturated rings. The van der Waals surface area contributed by atoms with Gasteiger partial charge in [-0.1, -0.05) is 5.16 Å². The quantitative estimate of drug-likeness (QED) is 0.894. The lowest BCUT2D eigenvalue weighted by Gasteiger charge is -2.34. The second kappa shape index (κ2) is 4.90. The van der Waals surface area contributed by atoms with E-state index in [1.807, 2.05) is 18.4 Å². The average Bonchev–Trinajstić information content (AvgIpc) is 3.08. The minimum atomic E-state index is -1.13. The number of amides is 1. The van der Waals surface area contributed by atoms with Crippen LogP contribution in [-0.2, 0) is 20.8 Å². The SMILES string of the molecule is CC1c2ccsc2CCN1C(=O)C1CC(C(=O)O)=NO1. The lowest BCUT2D eigenvalue weighted by molar-refractivity contribution is -0.144. The molecule has 0 radical (unpaired) electrons. The largest absolute Gasteiger partial charge is 0.477 e. The molecule has 20 heavy (non-hydrogen) atoms. The summed E-state index contributed by atoms with van der Waals surface area (Å²) in [5, 5.41) is 14.3. The van der Waals surface area contributed by atoms with Gasteiger partial charge in [-0.2, -0.15) is 0 Å². The van der Waals surface area contributed by atoms with Gasteiger partial charge in [0.15, 0.2) is 5.71 Å². The van der Waals surface area contributed by atoms with Gasteiger partial charge in [0.05, 0.1) is 6.04 Å². The molecule has 1 aromatic rings. The highest BCUT2D eigenvalue weighted by Gasteiger charge is 2.38. The van der Waals surface area contributed by atoms with E-state index < -0.39 is 12.1 Å². The third-order valence-electron chi connectivity index (χ3n) is 3.75. The Morgan fingerprint density at radius 2 is 2.35 bits per heavy atom. The van der Waals surface area contributed by atoms with Gasteiger partial charge in [-0.05, 0) is 30.4 Å². The van der Waals surface area contributed by atoms with E-state index in [0.29, 0.717) is 6.54 Å². The molecule has 0 bridgehead atoms. The van der Waals surface area contributed by atoms with Gasteiger partial charge in [-0.15, -0.1) is 11.3 Å². The zero-order valence-electron chi connectivity index (χ0n) is 10.9. The highest BCUT2D eigenvalue weighted by molar-refractivity contribution is 7.10. The summed E-state index contributed by atoms with van der Waals surface area (Å²) in [6, 6.07) is 2.04. The number of nitrogens with zero attached hydrogens (tertiary/aromatic N) is 2. The molecular weight excluding hydrogens is 280 g/mol. The van der Waals surface area contributed by atoms with Crippen molar-refractivity contribution in [3.63, 3.8) is 0 Å². The van der Waals surface area contributed by atoms with Gasteiger partial charge in [0.2, 0.25) is 6.10 Å². The molecule has 0 aromatic carbocycles. The molecule has 6 nitrogen and oxygen atoms in total. The third kappa shape index (κ3) is 2.07. The molecule has 0 spiro atoms. The number of carbonyl (C=O) groups is 2. The molecule has 2 atom stereocenters. The van der Waals surface area contributed by atoms with Crippen molar-refractivity contribution in [3.8, 4) is 0 Å². The molecule has 7 heteroatoms. The van der Waals surface area contributed by atoms with Crippen LogP contribution >= 0.6 is 11.3 Å². The Morgan fingerprint density at radius 3 is 3.05 bits per heavy atom. The van der Waals surface area contributed by atoms with Gasteiger partial charge in [0.25, 0.3) is 5.91 Å². The van der Waals surface area contributed by atoms with Gasteiger partial charge >= 0.3 is 5.97 Å². The minimum Gasteiger partial charge on any atom is -0.477 e.